The lowest BCUT2D eigenvalue weighted by Gasteiger charge is -2.13. The molecule has 0 N–H and O–H groups in total. The van der Waals surface area contributed by atoms with Gasteiger partial charge in [0.25, 0.3) is 5.69 Å². The first-order valence-corrected chi connectivity index (χ1v) is 9.39. The highest BCUT2D eigenvalue weighted by atomic mass is 35.5. The van der Waals surface area contributed by atoms with Crippen LogP contribution < -0.4 is 15.1 Å². The Hall–Kier alpha value is -3.59. The molecule has 31 heavy (non-hydrogen) atoms. The summed E-state index contributed by atoms with van der Waals surface area (Å²) in [5.74, 6) is 0.0648. The summed E-state index contributed by atoms with van der Waals surface area (Å²) in [6, 6.07) is 7.17. The Bertz CT molecular complexity index is 1230. The van der Waals surface area contributed by atoms with Gasteiger partial charge < -0.3 is 18.6 Å². The third kappa shape index (κ3) is 4.61. The third-order valence-electron chi connectivity index (χ3n) is 4.75. The molecule has 0 saturated carbocycles. The van der Waals surface area contributed by atoms with Crippen LogP contribution in [0.3, 0.4) is 0 Å². The molecule has 0 spiro atoms. The van der Waals surface area contributed by atoms with Crippen LogP contribution in [0.2, 0.25) is 5.02 Å². The minimum Gasteiger partial charge on any atom is -0.496 e. The predicted octanol–water partition coefficient (Wildman–Crippen LogP) is 3.97. The zero-order valence-electron chi connectivity index (χ0n) is 16.9. The predicted molar refractivity (Wildman–Crippen MR) is 112 cm³/mol. The number of benzene rings is 2. The monoisotopic (exact) mass is 447 g/mol. The van der Waals surface area contributed by atoms with E-state index in [2.05, 4.69) is 4.74 Å². The smallest absolute Gasteiger partial charge is 0.340 e. The van der Waals surface area contributed by atoms with E-state index >= 15 is 0 Å². The van der Waals surface area contributed by atoms with Crippen molar-refractivity contribution in [3.63, 3.8) is 0 Å². The first-order valence-electron chi connectivity index (χ1n) is 9.02. The maximum atomic E-state index is 12.3. The average molecular weight is 448 g/mol. The van der Waals surface area contributed by atoms with Gasteiger partial charge in [0.15, 0.2) is 0 Å². The molecule has 1 aromatic heterocycles. The van der Waals surface area contributed by atoms with Crippen LogP contribution in [0.1, 0.15) is 16.7 Å². The van der Waals surface area contributed by atoms with E-state index in [9.17, 15) is 19.7 Å². The van der Waals surface area contributed by atoms with Crippen LogP contribution in [0.25, 0.3) is 11.0 Å². The average Bonchev–Trinajstić information content (AvgIpc) is 2.75. The van der Waals surface area contributed by atoms with E-state index in [0.29, 0.717) is 22.3 Å². The molecule has 0 aliphatic carbocycles. The van der Waals surface area contributed by atoms with Crippen LogP contribution >= 0.6 is 11.6 Å². The van der Waals surface area contributed by atoms with Gasteiger partial charge in [0.05, 0.1) is 36.1 Å². The fourth-order valence-electron chi connectivity index (χ4n) is 3.07. The number of halogens is 1. The number of hydrogen-bond donors (Lipinski definition) is 0. The van der Waals surface area contributed by atoms with Gasteiger partial charge in [0.1, 0.15) is 23.7 Å². The first-order chi connectivity index (χ1) is 14.7. The Morgan fingerprint density at radius 2 is 1.94 bits per heavy atom. The standard InChI is InChI=1S/C21H18ClNO8/c1-11-14-7-16(22)19(9-18(14)31-21(25)15(11)8-20(24)29-3)30-10-12-6-13(23(26)27)4-5-17(12)28-2/h4-7,9H,8,10H2,1-3H3. The lowest BCUT2D eigenvalue weighted by Crippen LogP contribution is -2.16. The van der Waals surface area contributed by atoms with Crippen molar-refractivity contribution < 1.29 is 28.3 Å². The first kappa shape index (κ1) is 22.1. The second-order valence-corrected chi connectivity index (χ2v) is 6.97. The summed E-state index contributed by atoms with van der Waals surface area (Å²) < 4.78 is 20.9. The van der Waals surface area contributed by atoms with E-state index in [1.54, 1.807) is 13.0 Å². The third-order valence-corrected chi connectivity index (χ3v) is 5.04. The highest BCUT2D eigenvalue weighted by Gasteiger charge is 2.18. The zero-order chi connectivity index (χ0) is 22.7. The van der Waals surface area contributed by atoms with Crippen molar-refractivity contribution >= 4 is 34.2 Å². The number of rotatable bonds is 7. The molecule has 162 valence electrons. The molecule has 0 bridgehead atoms. The topological polar surface area (TPSA) is 118 Å². The maximum Gasteiger partial charge on any atom is 0.340 e. The Balaban J connectivity index is 1.96. The molecule has 3 rings (SSSR count). The molecule has 0 amide bonds. The quantitative estimate of drug-likeness (QED) is 0.231. The minimum atomic E-state index is -0.663. The molecule has 2 aromatic carbocycles. The van der Waals surface area contributed by atoms with Crippen molar-refractivity contribution in [2.45, 2.75) is 20.0 Å². The molecule has 0 aliphatic rings. The normalized spacial score (nSPS) is 10.7. The van der Waals surface area contributed by atoms with E-state index in [-0.39, 0.29) is 40.6 Å². The van der Waals surface area contributed by atoms with Crippen LogP contribution in [0.5, 0.6) is 11.5 Å². The molecular weight excluding hydrogens is 430 g/mol. The summed E-state index contributed by atoms with van der Waals surface area (Å²) in [6.45, 7) is 1.61. The molecule has 0 aliphatic heterocycles. The van der Waals surface area contributed by atoms with E-state index < -0.39 is 16.5 Å². The number of hydrogen-bond acceptors (Lipinski definition) is 8. The summed E-state index contributed by atoms with van der Waals surface area (Å²) in [4.78, 5) is 34.4. The van der Waals surface area contributed by atoms with Gasteiger partial charge in [-0.2, -0.15) is 0 Å². The highest BCUT2D eigenvalue weighted by molar-refractivity contribution is 6.32. The summed E-state index contributed by atoms with van der Waals surface area (Å²) in [7, 11) is 2.67. The van der Waals surface area contributed by atoms with E-state index in [4.69, 9.17) is 25.5 Å². The summed E-state index contributed by atoms with van der Waals surface area (Å²) in [5.41, 5.74) is 0.629. The van der Waals surface area contributed by atoms with Gasteiger partial charge in [-0.15, -0.1) is 0 Å². The molecule has 1 heterocycles. The molecule has 0 radical (unpaired) electrons. The maximum absolute atomic E-state index is 12.3. The fraction of sp³-hybridized carbons (Fsp3) is 0.238. The van der Waals surface area contributed by atoms with Gasteiger partial charge in [0, 0.05) is 29.1 Å². The molecule has 10 heteroatoms. The van der Waals surface area contributed by atoms with Crippen LogP contribution in [0.15, 0.2) is 39.5 Å². The number of nitrogens with zero attached hydrogens (tertiary/aromatic N) is 1. The Morgan fingerprint density at radius 1 is 1.19 bits per heavy atom. The van der Waals surface area contributed by atoms with Crippen molar-refractivity contribution in [2.75, 3.05) is 14.2 Å². The van der Waals surface area contributed by atoms with Gasteiger partial charge in [-0.1, -0.05) is 11.6 Å². The zero-order valence-corrected chi connectivity index (χ0v) is 17.6. The van der Waals surface area contributed by atoms with Gasteiger partial charge in [-0.25, -0.2) is 4.79 Å². The number of fused-ring (bicyclic) bond motifs is 1. The number of esters is 1. The number of aryl methyl sites for hydroxylation is 1. The van der Waals surface area contributed by atoms with Crippen molar-refractivity contribution in [2.24, 2.45) is 0 Å². The van der Waals surface area contributed by atoms with E-state index in [0.717, 1.165) is 0 Å². The highest BCUT2D eigenvalue weighted by Crippen LogP contribution is 2.33. The Labute approximate surface area is 181 Å². The van der Waals surface area contributed by atoms with Crippen LogP contribution in [0, 0.1) is 17.0 Å². The molecule has 3 aromatic rings. The van der Waals surface area contributed by atoms with Gasteiger partial charge in [-0.05, 0) is 24.6 Å². The lowest BCUT2D eigenvalue weighted by atomic mass is 10.0. The number of carbonyl (C=O) groups is 1. The Morgan fingerprint density at radius 3 is 2.58 bits per heavy atom. The van der Waals surface area contributed by atoms with Gasteiger partial charge in [0.2, 0.25) is 0 Å². The second-order valence-electron chi connectivity index (χ2n) is 6.57. The number of nitro groups is 1. The van der Waals surface area contributed by atoms with Gasteiger partial charge >= 0.3 is 11.6 Å². The minimum absolute atomic E-state index is 0.0697. The number of methoxy groups -OCH3 is 2. The fourth-order valence-corrected chi connectivity index (χ4v) is 3.29. The van der Waals surface area contributed by atoms with Crippen molar-refractivity contribution in [3.05, 3.63) is 72.6 Å². The Kier molecular flexibility index (Phi) is 6.45. The molecule has 0 fully saturated rings. The summed E-state index contributed by atoms with van der Waals surface area (Å²) >= 11 is 6.35. The summed E-state index contributed by atoms with van der Waals surface area (Å²) in [5, 5.41) is 11.8. The van der Waals surface area contributed by atoms with Crippen molar-refractivity contribution in [1.29, 1.82) is 0 Å². The molecule has 0 atom stereocenters. The molecule has 0 unspecified atom stereocenters. The van der Waals surface area contributed by atoms with E-state index in [1.165, 1.54) is 38.5 Å². The number of non-ortho nitro benzene ring substituents is 1. The van der Waals surface area contributed by atoms with Gasteiger partial charge in [-0.3, -0.25) is 14.9 Å². The van der Waals surface area contributed by atoms with Crippen LogP contribution in [-0.4, -0.2) is 25.1 Å². The summed E-state index contributed by atoms with van der Waals surface area (Å²) in [6.07, 6.45) is -0.219. The molecular formula is C21H18ClNO8. The lowest BCUT2D eigenvalue weighted by molar-refractivity contribution is -0.385. The SMILES string of the molecule is COC(=O)Cc1c(C)c2cc(Cl)c(OCc3cc([N+](=O)[O-])ccc3OC)cc2oc1=O. The largest absolute Gasteiger partial charge is 0.496 e. The van der Waals surface area contributed by atoms with E-state index in [1.807, 2.05) is 0 Å². The van der Waals surface area contributed by atoms with Crippen LogP contribution in [-0.2, 0) is 22.6 Å². The van der Waals surface area contributed by atoms with Crippen LogP contribution in [0.4, 0.5) is 5.69 Å². The second kappa shape index (κ2) is 9.05. The molecule has 0 saturated heterocycles. The number of nitro benzene ring substituents is 1. The number of ether oxygens (including phenoxy) is 3. The molecule has 9 nitrogen and oxygen atoms in total. The number of carbonyl (C=O) groups excluding carboxylic acids is 1. The van der Waals surface area contributed by atoms with Crippen molar-refractivity contribution in [3.8, 4) is 11.5 Å². The van der Waals surface area contributed by atoms with Crippen molar-refractivity contribution in [1.82, 2.24) is 0 Å².